The molecule has 0 radical (unpaired) electrons. The molecule has 1 spiro atoms. The lowest BCUT2D eigenvalue weighted by Crippen LogP contribution is -2.61. The van der Waals surface area contributed by atoms with E-state index < -0.39 is 0 Å². The number of hydrogen-bond acceptors (Lipinski definition) is 3. The van der Waals surface area contributed by atoms with Crippen molar-refractivity contribution in [2.45, 2.75) is 44.2 Å². The molecule has 1 aromatic heterocycles. The van der Waals surface area contributed by atoms with Crippen LogP contribution in [0.1, 0.15) is 37.9 Å². The predicted molar refractivity (Wildman–Crippen MR) is 75.5 cm³/mol. The van der Waals surface area contributed by atoms with Gasteiger partial charge in [-0.3, -0.25) is 4.90 Å². The molecule has 1 N–H and O–H groups in total. The van der Waals surface area contributed by atoms with Gasteiger partial charge in [0.15, 0.2) is 4.67 Å². The molecule has 1 aliphatic carbocycles. The van der Waals surface area contributed by atoms with Gasteiger partial charge in [-0.15, -0.1) is 0 Å². The molecular formula is C14H21BrN2O. The van der Waals surface area contributed by atoms with E-state index in [1.54, 1.807) is 0 Å². The van der Waals surface area contributed by atoms with Crippen molar-refractivity contribution in [2.24, 2.45) is 0 Å². The summed E-state index contributed by atoms with van der Waals surface area (Å²) >= 11 is 3.39. The van der Waals surface area contributed by atoms with Crippen LogP contribution in [0.3, 0.4) is 0 Å². The Labute approximate surface area is 117 Å². The SMILES string of the molecule is Brc1ccc(CN2CCNCC23CCCCC3)o1. The summed E-state index contributed by atoms with van der Waals surface area (Å²) in [6.07, 6.45) is 6.83. The van der Waals surface area contributed by atoms with E-state index >= 15 is 0 Å². The summed E-state index contributed by atoms with van der Waals surface area (Å²) in [7, 11) is 0. The summed E-state index contributed by atoms with van der Waals surface area (Å²) in [6.45, 7) is 4.34. The van der Waals surface area contributed by atoms with Gasteiger partial charge in [-0.25, -0.2) is 0 Å². The largest absolute Gasteiger partial charge is 0.453 e. The minimum absolute atomic E-state index is 0.385. The summed E-state index contributed by atoms with van der Waals surface area (Å²) in [4.78, 5) is 2.65. The van der Waals surface area contributed by atoms with Crippen molar-refractivity contribution in [1.82, 2.24) is 10.2 Å². The van der Waals surface area contributed by atoms with Crippen molar-refractivity contribution >= 4 is 15.9 Å². The summed E-state index contributed by atoms with van der Waals surface area (Å²) in [5.41, 5.74) is 0.385. The molecule has 2 fully saturated rings. The second kappa shape index (κ2) is 5.35. The summed E-state index contributed by atoms with van der Waals surface area (Å²) in [5, 5.41) is 3.58. The first-order valence-electron chi connectivity index (χ1n) is 6.99. The van der Waals surface area contributed by atoms with E-state index in [0.717, 1.165) is 36.6 Å². The minimum Gasteiger partial charge on any atom is -0.453 e. The molecule has 2 heterocycles. The van der Waals surface area contributed by atoms with Gasteiger partial charge in [-0.1, -0.05) is 19.3 Å². The molecule has 1 aliphatic heterocycles. The van der Waals surface area contributed by atoms with Crippen LogP contribution in [0.4, 0.5) is 0 Å². The van der Waals surface area contributed by atoms with Crippen LogP contribution in [-0.2, 0) is 6.54 Å². The lowest BCUT2D eigenvalue weighted by atomic mass is 9.79. The third-order valence-electron chi connectivity index (χ3n) is 4.44. The van der Waals surface area contributed by atoms with Crippen LogP contribution in [0.2, 0.25) is 0 Å². The molecule has 18 heavy (non-hydrogen) atoms. The molecule has 0 unspecified atom stereocenters. The lowest BCUT2D eigenvalue weighted by molar-refractivity contribution is 0.0159. The molecule has 0 bridgehead atoms. The number of furan rings is 1. The van der Waals surface area contributed by atoms with Gasteiger partial charge in [-0.05, 0) is 40.9 Å². The van der Waals surface area contributed by atoms with Gasteiger partial charge in [0.25, 0.3) is 0 Å². The van der Waals surface area contributed by atoms with Crippen LogP contribution in [-0.4, -0.2) is 30.1 Å². The van der Waals surface area contributed by atoms with E-state index in [1.807, 2.05) is 6.07 Å². The van der Waals surface area contributed by atoms with Crippen molar-refractivity contribution in [3.8, 4) is 0 Å². The van der Waals surface area contributed by atoms with Crippen LogP contribution in [0.25, 0.3) is 0 Å². The number of nitrogens with zero attached hydrogens (tertiary/aromatic N) is 1. The van der Waals surface area contributed by atoms with Crippen molar-refractivity contribution < 1.29 is 4.42 Å². The van der Waals surface area contributed by atoms with Crippen LogP contribution >= 0.6 is 15.9 Å². The molecule has 0 atom stereocenters. The zero-order valence-corrected chi connectivity index (χ0v) is 12.3. The Morgan fingerprint density at radius 3 is 2.83 bits per heavy atom. The highest BCUT2D eigenvalue weighted by atomic mass is 79.9. The average Bonchev–Trinajstić information content (AvgIpc) is 2.79. The van der Waals surface area contributed by atoms with Crippen molar-refractivity contribution in [3.05, 3.63) is 22.6 Å². The first-order valence-corrected chi connectivity index (χ1v) is 7.78. The molecule has 3 rings (SSSR count). The molecule has 0 amide bonds. The van der Waals surface area contributed by atoms with Gasteiger partial charge in [0, 0.05) is 25.2 Å². The van der Waals surface area contributed by atoms with Gasteiger partial charge >= 0.3 is 0 Å². The Hall–Kier alpha value is -0.320. The summed E-state index contributed by atoms with van der Waals surface area (Å²) in [6, 6.07) is 4.08. The monoisotopic (exact) mass is 312 g/mol. The van der Waals surface area contributed by atoms with E-state index in [1.165, 1.54) is 32.1 Å². The Balaban J connectivity index is 1.75. The highest BCUT2D eigenvalue weighted by Crippen LogP contribution is 2.35. The maximum atomic E-state index is 5.67. The fourth-order valence-electron chi connectivity index (χ4n) is 3.46. The van der Waals surface area contributed by atoms with E-state index in [2.05, 4.69) is 32.2 Å². The van der Waals surface area contributed by atoms with Crippen LogP contribution < -0.4 is 5.32 Å². The van der Waals surface area contributed by atoms with Gasteiger partial charge < -0.3 is 9.73 Å². The van der Waals surface area contributed by atoms with Crippen molar-refractivity contribution in [1.29, 1.82) is 0 Å². The second-order valence-electron chi connectivity index (χ2n) is 5.59. The van der Waals surface area contributed by atoms with Gasteiger partial charge in [0.1, 0.15) is 5.76 Å². The van der Waals surface area contributed by atoms with E-state index in [0.29, 0.717) is 5.54 Å². The number of halogens is 1. The maximum absolute atomic E-state index is 5.67. The molecule has 4 heteroatoms. The molecule has 2 aliphatic rings. The highest BCUT2D eigenvalue weighted by Gasteiger charge is 2.39. The van der Waals surface area contributed by atoms with Crippen LogP contribution in [0.5, 0.6) is 0 Å². The molecular weight excluding hydrogens is 292 g/mol. The molecule has 0 aromatic carbocycles. The van der Waals surface area contributed by atoms with Crippen molar-refractivity contribution in [3.63, 3.8) is 0 Å². The molecule has 100 valence electrons. The predicted octanol–water partition coefficient (Wildman–Crippen LogP) is 3.15. The number of hydrogen-bond donors (Lipinski definition) is 1. The van der Waals surface area contributed by atoms with Crippen LogP contribution in [0, 0.1) is 0 Å². The molecule has 1 saturated heterocycles. The average molecular weight is 313 g/mol. The summed E-state index contributed by atoms with van der Waals surface area (Å²) < 4.78 is 6.51. The number of nitrogens with one attached hydrogen (secondary N) is 1. The molecule has 1 saturated carbocycles. The zero-order chi connectivity index (χ0) is 12.4. The van der Waals surface area contributed by atoms with Gasteiger partial charge in [0.05, 0.1) is 6.54 Å². The van der Waals surface area contributed by atoms with E-state index in [-0.39, 0.29) is 0 Å². The zero-order valence-electron chi connectivity index (χ0n) is 10.8. The van der Waals surface area contributed by atoms with Gasteiger partial charge in [0.2, 0.25) is 0 Å². The highest BCUT2D eigenvalue weighted by molar-refractivity contribution is 9.10. The lowest BCUT2D eigenvalue weighted by Gasteiger charge is -2.49. The van der Waals surface area contributed by atoms with Gasteiger partial charge in [-0.2, -0.15) is 0 Å². The molecule has 1 aromatic rings. The fraction of sp³-hybridized carbons (Fsp3) is 0.714. The first kappa shape index (κ1) is 12.7. The smallest absolute Gasteiger partial charge is 0.169 e. The standard InChI is InChI=1S/C14H21BrN2O/c15-13-5-4-12(18-13)10-17-9-8-16-11-14(17)6-2-1-3-7-14/h4-5,16H,1-3,6-11H2. The maximum Gasteiger partial charge on any atom is 0.169 e. The van der Waals surface area contributed by atoms with Crippen LogP contribution in [0.15, 0.2) is 21.2 Å². The Kier molecular flexibility index (Phi) is 3.78. The normalized spacial score (nSPS) is 24.5. The first-order chi connectivity index (χ1) is 8.78. The third-order valence-corrected chi connectivity index (χ3v) is 4.87. The minimum atomic E-state index is 0.385. The molecule has 3 nitrogen and oxygen atoms in total. The quantitative estimate of drug-likeness (QED) is 0.909. The Morgan fingerprint density at radius 2 is 2.11 bits per heavy atom. The number of piperazine rings is 1. The topological polar surface area (TPSA) is 28.4 Å². The van der Waals surface area contributed by atoms with E-state index in [4.69, 9.17) is 4.42 Å². The summed E-state index contributed by atoms with van der Waals surface area (Å²) in [5.74, 6) is 1.08. The third kappa shape index (κ3) is 2.51. The van der Waals surface area contributed by atoms with E-state index in [9.17, 15) is 0 Å². The fourth-order valence-corrected chi connectivity index (χ4v) is 3.80. The Morgan fingerprint density at radius 1 is 1.28 bits per heavy atom. The second-order valence-corrected chi connectivity index (χ2v) is 6.37. The van der Waals surface area contributed by atoms with Crippen molar-refractivity contribution in [2.75, 3.05) is 19.6 Å². The Bertz CT molecular complexity index is 390. The number of rotatable bonds is 2.